The molecule has 28 heavy (non-hydrogen) atoms. The maximum Gasteiger partial charge on any atom is 0.226 e. The highest BCUT2D eigenvalue weighted by Gasteiger charge is 2.44. The lowest BCUT2D eigenvalue weighted by Crippen LogP contribution is -2.39. The van der Waals surface area contributed by atoms with Crippen molar-refractivity contribution in [3.8, 4) is 0 Å². The molecule has 1 atom stereocenters. The molecule has 0 radical (unpaired) electrons. The quantitative estimate of drug-likeness (QED) is 0.766. The monoisotopic (exact) mass is 380 g/mol. The van der Waals surface area contributed by atoms with Gasteiger partial charge < -0.3 is 10.2 Å². The number of carbonyl (C=O) groups is 2. The molecule has 0 aromatic heterocycles. The van der Waals surface area contributed by atoms with E-state index in [1.54, 1.807) is 0 Å². The summed E-state index contributed by atoms with van der Waals surface area (Å²) in [6.07, 6.45) is 12.0. The topological polar surface area (TPSA) is 49.4 Å². The summed E-state index contributed by atoms with van der Waals surface area (Å²) in [5, 5.41) is 3.11. The van der Waals surface area contributed by atoms with Crippen molar-refractivity contribution in [1.82, 2.24) is 10.2 Å². The molecule has 0 spiro atoms. The molecule has 2 aliphatic carbocycles. The number of hydrogen-bond donors (Lipinski definition) is 1. The number of allylic oxidation sites excluding steroid dienone is 2. The van der Waals surface area contributed by atoms with Crippen molar-refractivity contribution >= 4 is 11.8 Å². The van der Waals surface area contributed by atoms with Crippen LogP contribution in [0.3, 0.4) is 0 Å². The number of benzene rings is 1. The van der Waals surface area contributed by atoms with Crippen LogP contribution in [0.4, 0.5) is 0 Å². The maximum absolute atomic E-state index is 12.7. The van der Waals surface area contributed by atoms with Crippen LogP contribution < -0.4 is 5.32 Å². The molecule has 3 aliphatic rings. The lowest BCUT2D eigenvalue weighted by molar-refractivity contribution is -0.130. The standard InChI is InChI=1S/C24H32N2O2/c27-22(25-18-24(15-16-24)20-10-2-1-3-11-20)13-6-14-23(28)26-17-7-9-19-8-4-5-12-21(19)26/h1-3,10-12,19H,4-9,13-18H2,(H,25,27). The Balaban J connectivity index is 1.20. The lowest BCUT2D eigenvalue weighted by atomic mass is 9.85. The molecule has 1 aromatic carbocycles. The predicted molar refractivity (Wildman–Crippen MR) is 111 cm³/mol. The van der Waals surface area contributed by atoms with Gasteiger partial charge in [-0.1, -0.05) is 36.4 Å². The van der Waals surface area contributed by atoms with E-state index >= 15 is 0 Å². The van der Waals surface area contributed by atoms with Crippen LogP contribution in [0.2, 0.25) is 0 Å². The zero-order chi connectivity index (χ0) is 19.4. The first kappa shape index (κ1) is 19.2. The van der Waals surface area contributed by atoms with Gasteiger partial charge >= 0.3 is 0 Å². The van der Waals surface area contributed by atoms with E-state index in [1.807, 2.05) is 11.0 Å². The SMILES string of the molecule is O=C(CCCC(=O)N1CCCC2CCCC=C21)NCC1(c2ccccc2)CC1. The first-order chi connectivity index (χ1) is 13.7. The van der Waals surface area contributed by atoms with Gasteiger partial charge in [0.25, 0.3) is 0 Å². The third-order valence-electron chi connectivity index (χ3n) is 6.73. The third kappa shape index (κ3) is 4.31. The van der Waals surface area contributed by atoms with Gasteiger partial charge in [0.05, 0.1) is 0 Å². The van der Waals surface area contributed by atoms with E-state index < -0.39 is 0 Å². The molecule has 1 N–H and O–H groups in total. The smallest absolute Gasteiger partial charge is 0.226 e. The van der Waals surface area contributed by atoms with Crippen LogP contribution in [-0.2, 0) is 15.0 Å². The summed E-state index contributed by atoms with van der Waals surface area (Å²) in [7, 11) is 0. The van der Waals surface area contributed by atoms with Crippen LogP contribution in [0.1, 0.15) is 69.8 Å². The molecule has 1 saturated carbocycles. The molecule has 4 rings (SSSR count). The highest BCUT2D eigenvalue weighted by Crippen LogP contribution is 2.47. The molecule has 4 nitrogen and oxygen atoms in total. The molecule has 1 aromatic rings. The lowest BCUT2D eigenvalue weighted by Gasteiger charge is -2.38. The first-order valence-electron chi connectivity index (χ1n) is 11.0. The van der Waals surface area contributed by atoms with E-state index in [1.165, 1.54) is 30.5 Å². The van der Waals surface area contributed by atoms with Crippen LogP contribution in [0, 0.1) is 5.92 Å². The maximum atomic E-state index is 12.7. The van der Waals surface area contributed by atoms with Gasteiger partial charge in [-0.3, -0.25) is 9.59 Å². The molecular weight excluding hydrogens is 348 g/mol. The molecular formula is C24H32N2O2. The Labute approximate surface area is 168 Å². The second-order valence-electron chi connectivity index (χ2n) is 8.72. The average molecular weight is 381 g/mol. The van der Waals surface area contributed by atoms with Gasteiger partial charge in [-0.2, -0.15) is 0 Å². The summed E-state index contributed by atoms with van der Waals surface area (Å²) < 4.78 is 0. The average Bonchev–Trinajstić information content (AvgIpc) is 3.54. The summed E-state index contributed by atoms with van der Waals surface area (Å²) in [4.78, 5) is 27.0. The Hall–Kier alpha value is -2.10. The van der Waals surface area contributed by atoms with E-state index in [2.05, 4.69) is 35.7 Å². The van der Waals surface area contributed by atoms with Gasteiger partial charge in [-0.15, -0.1) is 0 Å². The van der Waals surface area contributed by atoms with Gasteiger partial charge in [-0.05, 0) is 62.8 Å². The van der Waals surface area contributed by atoms with Gasteiger partial charge in [0.15, 0.2) is 0 Å². The van der Waals surface area contributed by atoms with Crippen molar-refractivity contribution in [2.45, 2.75) is 69.6 Å². The van der Waals surface area contributed by atoms with E-state index in [-0.39, 0.29) is 17.2 Å². The predicted octanol–water partition coefficient (Wildman–Crippen LogP) is 4.31. The number of likely N-dealkylation sites (tertiary alicyclic amines) is 1. The van der Waals surface area contributed by atoms with Crippen LogP contribution in [0.15, 0.2) is 42.1 Å². The highest BCUT2D eigenvalue weighted by molar-refractivity contribution is 5.80. The summed E-state index contributed by atoms with van der Waals surface area (Å²) in [6, 6.07) is 10.5. The van der Waals surface area contributed by atoms with Crippen molar-refractivity contribution < 1.29 is 9.59 Å². The Kier molecular flexibility index (Phi) is 5.84. The molecule has 1 aliphatic heterocycles. The Morgan fingerprint density at radius 2 is 1.86 bits per heavy atom. The van der Waals surface area contributed by atoms with Crippen LogP contribution in [0.25, 0.3) is 0 Å². The minimum Gasteiger partial charge on any atom is -0.355 e. The minimum absolute atomic E-state index is 0.0726. The second kappa shape index (κ2) is 8.50. The summed E-state index contributed by atoms with van der Waals surface area (Å²) in [5.74, 6) is 0.861. The van der Waals surface area contributed by atoms with E-state index in [9.17, 15) is 9.59 Å². The number of nitrogens with zero attached hydrogens (tertiary/aromatic N) is 1. The van der Waals surface area contributed by atoms with Gasteiger partial charge in [0, 0.05) is 37.0 Å². The molecule has 1 saturated heterocycles. The minimum atomic E-state index is 0.0726. The van der Waals surface area contributed by atoms with E-state index in [0.717, 1.165) is 32.2 Å². The number of nitrogens with one attached hydrogen (secondary N) is 1. The van der Waals surface area contributed by atoms with Gasteiger partial charge in [0.1, 0.15) is 0 Å². The normalized spacial score (nSPS) is 22.8. The molecule has 0 bridgehead atoms. The van der Waals surface area contributed by atoms with Crippen LogP contribution in [-0.4, -0.2) is 29.8 Å². The zero-order valence-corrected chi connectivity index (χ0v) is 16.8. The first-order valence-corrected chi connectivity index (χ1v) is 11.0. The number of amides is 2. The number of rotatable bonds is 7. The Bertz CT molecular complexity index is 736. The number of fused-ring (bicyclic) bond motifs is 1. The Morgan fingerprint density at radius 3 is 2.64 bits per heavy atom. The van der Waals surface area contributed by atoms with Gasteiger partial charge in [-0.25, -0.2) is 0 Å². The van der Waals surface area contributed by atoms with Crippen LogP contribution in [0.5, 0.6) is 0 Å². The largest absolute Gasteiger partial charge is 0.355 e. The number of hydrogen-bond acceptors (Lipinski definition) is 2. The Morgan fingerprint density at radius 1 is 1.07 bits per heavy atom. The van der Waals surface area contributed by atoms with Crippen LogP contribution >= 0.6 is 0 Å². The van der Waals surface area contributed by atoms with Crippen molar-refractivity contribution in [3.05, 3.63) is 47.7 Å². The van der Waals surface area contributed by atoms with Gasteiger partial charge in [0.2, 0.25) is 11.8 Å². The summed E-state index contributed by atoms with van der Waals surface area (Å²) >= 11 is 0. The molecule has 150 valence electrons. The highest BCUT2D eigenvalue weighted by atomic mass is 16.2. The van der Waals surface area contributed by atoms with E-state index in [0.29, 0.717) is 31.7 Å². The molecule has 2 amide bonds. The summed E-state index contributed by atoms with van der Waals surface area (Å²) in [5.41, 5.74) is 2.74. The molecule has 1 heterocycles. The van der Waals surface area contributed by atoms with Crippen molar-refractivity contribution in [2.75, 3.05) is 13.1 Å². The molecule has 2 fully saturated rings. The fraction of sp³-hybridized carbons (Fsp3) is 0.583. The number of piperidine rings is 1. The molecule has 1 unspecified atom stereocenters. The van der Waals surface area contributed by atoms with E-state index in [4.69, 9.17) is 0 Å². The zero-order valence-electron chi connectivity index (χ0n) is 16.8. The fourth-order valence-corrected chi connectivity index (χ4v) is 4.85. The van der Waals surface area contributed by atoms with Crippen molar-refractivity contribution in [3.63, 3.8) is 0 Å². The second-order valence-corrected chi connectivity index (χ2v) is 8.72. The van der Waals surface area contributed by atoms with Crippen molar-refractivity contribution in [2.24, 2.45) is 5.92 Å². The molecule has 4 heteroatoms. The third-order valence-corrected chi connectivity index (χ3v) is 6.73. The number of carbonyl (C=O) groups excluding carboxylic acids is 2. The summed E-state index contributed by atoms with van der Waals surface area (Å²) in [6.45, 7) is 1.57. The fourth-order valence-electron chi connectivity index (χ4n) is 4.85. The van der Waals surface area contributed by atoms with Crippen molar-refractivity contribution in [1.29, 1.82) is 0 Å².